The van der Waals surface area contributed by atoms with E-state index in [4.69, 9.17) is 26.8 Å². The summed E-state index contributed by atoms with van der Waals surface area (Å²) in [5, 5.41) is 0.663. The summed E-state index contributed by atoms with van der Waals surface area (Å²) in [5.74, 6) is 1.10. The van der Waals surface area contributed by atoms with Crippen LogP contribution in [0.4, 0.5) is 0 Å². The Morgan fingerprint density at radius 1 is 1.53 bits per heavy atom. The Kier molecular flexibility index (Phi) is 3.92. The van der Waals surface area contributed by atoms with E-state index in [2.05, 4.69) is 6.92 Å². The quantitative estimate of drug-likeness (QED) is 0.903. The fourth-order valence-electron chi connectivity index (χ4n) is 2.26. The van der Waals surface area contributed by atoms with Crippen molar-refractivity contribution in [2.24, 2.45) is 11.7 Å². The zero-order chi connectivity index (χ0) is 12.4. The maximum Gasteiger partial charge on any atom is 0.120 e. The number of nitrogens with two attached hydrogens (primary N) is 1. The van der Waals surface area contributed by atoms with Crippen LogP contribution in [-0.2, 0) is 4.74 Å². The molecule has 1 saturated heterocycles. The number of hydrogen-bond acceptors (Lipinski definition) is 3. The van der Waals surface area contributed by atoms with E-state index in [1.807, 2.05) is 12.1 Å². The molecule has 1 aliphatic rings. The van der Waals surface area contributed by atoms with Crippen LogP contribution in [0.25, 0.3) is 0 Å². The summed E-state index contributed by atoms with van der Waals surface area (Å²) in [6.45, 7) is 2.78. The molecule has 0 aromatic heterocycles. The van der Waals surface area contributed by atoms with Crippen molar-refractivity contribution in [1.29, 1.82) is 0 Å². The van der Waals surface area contributed by atoms with Gasteiger partial charge in [0.25, 0.3) is 0 Å². The molecule has 94 valence electrons. The van der Waals surface area contributed by atoms with Gasteiger partial charge < -0.3 is 15.2 Å². The summed E-state index contributed by atoms with van der Waals surface area (Å²) >= 11 is 6.22. The van der Waals surface area contributed by atoms with Gasteiger partial charge in [-0.2, -0.15) is 0 Å². The van der Waals surface area contributed by atoms with Gasteiger partial charge in [0.1, 0.15) is 5.75 Å². The van der Waals surface area contributed by atoms with Crippen LogP contribution in [0.5, 0.6) is 5.75 Å². The van der Waals surface area contributed by atoms with Crippen molar-refractivity contribution in [1.82, 2.24) is 0 Å². The van der Waals surface area contributed by atoms with E-state index in [1.54, 1.807) is 13.2 Å². The van der Waals surface area contributed by atoms with Crippen molar-refractivity contribution < 1.29 is 9.47 Å². The Balaban J connectivity index is 2.16. The van der Waals surface area contributed by atoms with Gasteiger partial charge in [-0.3, -0.25) is 0 Å². The molecule has 2 rings (SSSR count). The highest BCUT2D eigenvalue weighted by Gasteiger charge is 2.29. The van der Waals surface area contributed by atoms with Gasteiger partial charge in [0, 0.05) is 17.0 Å². The molecular weight excluding hydrogens is 238 g/mol. The van der Waals surface area contributed by atoms with Crippen LogP contribution in [0.15, 0.2) is 18.2 Å². The topological polar surface area (TPSA) is 44.5 Å². The van der Waals surface area contributed by atoms with Gasteiger partial charge >= 0.3 is 0 Å². The van der Waals surface area contributed by atoms with Gasteiger partial charge in [0.15, 0.2) is 0 Å². The maximum absolute atomic E-state index is 6.25. The second kappa shape index (κ2) is 5.25. The van der Waals surface area contributed by atoms with Crippen molar-refractivity contribution in [3.63, 3.8) is 0 Å². The first-order chi connectivity index (χ1) is 8.11. The molecule has 2 N–H and O–H groups in total. The van der Waals surface area contributed by atoms with Crippen LogP contribution >= 0.6 is 11.6 Å². The number of ether oxygens (including phenoxy) is 2. The van der Waals surface area contributed by atoms with Crippen molar-refractivity contribution in [3.05, 3.63) is 28.8 Å². The van der Waals surface area contributed by atoms with E-state index < -0.39 is 0 Å². The van der Waals surface area contributed by atoms with Crippen LogP contribution in [0.1, 0.15) is 24.9 Å². The summed E-state index contributed by atoms with van der Waals surface area (Å²) in [6.07, 6.45) is 1.28. The predicted octanol–water partition coefficient (Wildman–Crippen LogP) is 2.77. The normalized spacial score (nSPS) is 25.9. The highest BCUT2D eigenvalue weighted by atomic mass is 35.5. The minimum absolute atomic E-state index is 0.0710. The molecule has 1 heterocycles. The molecule has 4 heteroatoms. The van der Waals surface area contributed by atoms with E-state index in [0.29, 0.717) is 23.7 Å². The molecule has 0 amide bonds. The standard InChI is InChI=1S/C13H18ClNO2/c1-8-5-9(7-17-8)13(15)11-4-3-10(16-2)6-12(11)14/h3-4,6,8-9,13H,5,7,15H2,1-2H3. The monoisotopic (exact) mass is 255 g/mol. The fraction of sp³-hybridized carbons (Fsp3) is 0.538. The third kappa shape index (κ3) is 2.73. The number of rotatable bonds is 3. The van der Waals surface area contributed by atoms with Crippen molar-refractivity contribution in [2.45, 2.75) is 25.5 Å². The third-order valence-electron chi connectivity index (χ3n) is 3.30. The molecule has 1 fully saturated rings. The largest absolute Gasteiger partial charge is 0.497 e. The van der Waals surface area contributed by atoms with Crippen LogP contribution in [-0.4, -0.2) is 19.8 Å². The zero-order valence-electron chi connectivity index (χ0n) is 10.2. The molecule has 0 aliphatic carbocycles. The first-order valence-electron chi connectivity index (χ1n) is 5.82. The average Bonchev–Trinajstić information content (AvgIpc) is 2.75. The van der Waals surface area contributed by atoms with Gasteiger partial charge in [-0.15, -0.1) is 0 Å². The Labute approximate surface area is 107 Å². The Bertz CT molecular complexity index is 397. The maximum atomic E-state index is 6.25. The minimum atomic E-state index is -0.0710. The lowest BCUT2D eigenvalue weighted by Gasteiger charge is -2.19. The van der Waals surface area contributed by atoms with E-state index in [1.165, 1.54) is 0 Å². The Morgan fingerprint density at radius 2 is 2.29 bits per heavy atom. The summed E-state index contributed by atoms with van der Waals surface area (Å²) in [6, 6.07) is 5.56. The first kappa shape index (κ1) is 12.7. The van der Waals surface area contributed by atoms with E-state index >= 15 is 0 Å². The molecule has 3 nitrogen and oxygen atoms in total. The van der Waals surface area contributed by atoms with Crippen molar-refractivity contribution >= 4 is 11.6 Å². The molecule has 3 atom stereocenters. The van der Waals surface area contributed by atoms with Crippen LogP contribution < -0.4 is 10.5 Å². The summed E-state index contributed by atoms with van der Waals surface area (Å²) < 4.78 is 10.7. The smallest absolute Gasteiger partial charge is 0.120 e. The molecule has 1 aromatic carbocycles. The molecule has 0 spiro atoms. The van der Waals surface area contributed by atoms with Crippen LogP contribution in [0.3, 0.4) is 0 Å². The molecule has 1 aliphatic heterocycles. The summed E-state index contributed by atoms with van der Waals surface area (Å²) in [4.78, 5) is 0. The molecule has 0 bridgehead atoms. The average molecular weight is 256 g/mol. The predicted molar refractivity (Wildman–Crippen MR) is 68.5 cm³/mol. The first-order valence-corrected chi connectivity index (χ1v) is 6.20. The molecule has 0 saturated carbocycles. The fourth-order valence-corrected chi connectivity index (χ4v) is 2.56. The van der Waals surface area contributed by atoms with Crippen molar-refractivity contribution in [2.75, 3.05) is 13.7 Å². The minimum Gasteiger partial charge on any atom is -0.497 e. The molecule has 1 aromatic rings. The lowest BCUT2D eigenvalue weighted by Crippen LogP contribution is -2.22. The van der Waals surface area contributed by atoms with Crippen LogP contribution in [0, 0.1) is 5.92 Å². The third-order valence-corrected chi connectivity index (χ3v) is 3.63. The van der Waals surface area contributed by atoms with Gasteiger partial charge in [0.05, 0.1) is 19.8 Å². The summed E-state index contributed by atoms with van der Waals surface area (Å²) in [7, 11) is 1.62. The van der Waals surface area contributed by atoms with E-state index in [-0.39, 0.29) is 6.04 Å². The number of halogens is 1. The highest BCUT2D eigenvalue weighted by Crippen LogP contribution is 2.34. The highest BCUT2D eigenvalue weighted by molar-refractivity contribution is 6.31. The van der Waals surface area contributed by atoms with E-state index in [9.17, 15) is 0 Å². The molecule has 0 radical (unpaired) electrons. The van der Waals surface area contributed by atoms with Gasteiger partial charge in [-0.1, -0.05) is 17.7 Å². The molecule has 17 heavy (non-hydrogen) atoms. The van der Waals surface area contributed by atoms with Gasteiger partial charge in [-0.05, 0) is 31.0 Å². The Hall–Kier alpha value is -0.770. The Morgan fingerprint density at radius 3 is 2.82 bits per heavy atom. The number of methoxy groups -OCH3 is 1. The number of benzene rings is 1. The van der Waals surface area contributed by atoms with Crippen molar-refractivity contribution in [3.8, 4) is 5.75 Å². The van der Waals surface area contributed by atoms with Gasteiger partial charge in [0.2, 0.25) is 0 Å². The zero-order valence-corrected chi connectivity index (χ0v) is 10.9. The van der Waals surface area contributed by atoms with Gasteiger partial charge in [-0.25, -0.2) is 0 Å². The molecular formula is C13H18ClNO2. The summed E-state index contributed by atoms with van der Waals surface area (Å²) in [5.41, 5.74) is 7.22. The second-order valence-corrected chi connectivity index (χ2v) is 4.96. The van der Waals surface area contributed by atoms with E-state index in [0.717, 1.165) is 17.7 Å². The lowest BCUT2D eigenvalue weighted by molar-refractivity contribution is 0.118. The number of hydrogen-bond donors (Lipinski definition) is 1. The SMILES string of the molecule is COc1ccc(C(N)C2COC(C)C2)c(Cl)c1. The lowest BCUT2D eigenvalue weighted by atomic mass is 9.92. The molecule has 3 unspecified atom stereocenters. The second-order valence-electron chi connectivity index (χ2n) is 4.55. The van der Waals surface area contributed by atoms with Crippen LogP contribution in [0.2, 0.25) is 5.02 Å².